The summed E-state index contributed by atoms with van der Waals surface area (Å²) >= 11 is 0. The first kappa shape index (κ1) is 12.1. The number of aryl methyl sites for hydroxylation is 1. The van der Waals surface area contributed by atoms with Crippen LogP contribution in [0.1, 0.15) is 22.4 Å². The van der Waals surface area contributed by atoms with Gasteiger partial charge in [0.1, 0.15) is 0 Å². The van der Waals surface area contributed by atoms with Crippen LogP contribution in [0, 0.1) is 6.92 Å². The van der Waals surface area contributed by atoms with Crippen LogP contribution in [0.2, 0.25) is 0 Å². The number of fused-ring (bicyclic) bond motifs is 3. The fourth-order valence-corrected chi connectivity index (χ4v) is 3.01. The second kappa shape index (κ2) is 4.71. The lowest BCUT2D eigenvalue weighted by Gasteiger charge is -2.01. The van der Waals surface area contributed by atoms with E-state index in [9.17, 15) is 0 Å². The summed E-state index contributed by atoms with van der Waals surface area (Å²) in [5.41, 5.74) is 8.96. The molecule has 0 aliphatic heterocycles. The van der Waals surface area contributed by atoms with Gasteiger partial charge < -0.3 is 0 Å². The summed E-state index contributed by atoms with van der Waals surface area (Å²) in [6, 6.07) is 21.4. The van der Waals surface area contributed by atoms with Gasteiger partial charge in [0, 0.05) is 18.6 Å². The van der Waals surface area contributed by atoms with Gasteiger partial charge in [-0.2, -0.15) is 0 Å². The van der Waals surface area contributed by atoms with Crippen molar-refractivity contribution >= 4 is 11.6 Å². The maximum atomic E-state index is 3.34. The Bertz CT molecular complexity index is 845. The first-order valence-corrected chi connectivity index (χ1v) is 7.22. The molecule has 1 aliphatic rings. The normalized spacial score (nSPS) is 14.0. The molecule has 1 heterocycles. The highest BCUT2D eigenvalue weighted by Gasteiger charge is 2.25. The Kier molecular flexibility index (Phi) is 2.71. The van der Waals surface area contributed by atoms with Gasteiger partial charge in [0.05, 0.1) is 5.56 Å². The van der Waals surface area contributed by atoms with Crippen molar-refractivity contribution in [2.45, 2.75) is 6.92 Å². The van der Waals surface area contributed by atoms with Gasteiger partial charge in [-0.25, -0.2) is 4.98 Å². The molecule has 0 saturated heterocycles. The third-order valence-electron chi connectivity index (χ3n) is 4.00. The summed E-state index contributed by atoms with van der Waals surface area (Å²) in [4.78, 5) is 3.34. The van der Waals surface area contributed by atoms with E-state index in [4.69, 9.17) is 0 Å². The smallest absolute Gasteiger partial charge is 0.177 e. The zero-order chi connectivity index (χ0) is 14.2. The molecule has 1 N–H and O–H groups in total. The largest absolute Gasteiger partial charge is 0.215 e. The van der Waals surface area contributed by atoms with Crippen LogP contribution < -0.4 is 4.98 Å². The molecular weight excluding hydrogens is 254 g/mol. The highest BCUT2D eigenvalue weighted by atomic mass is 14.7. The predicted molar refractivity (Wildman–Crippen MR) is 86.6 cm³/mol. The van der Waals surface area contributed by atoms with E-state index in [0.29, 0.717) is 0 Å². The lowest BCUT2D eigenvalue weighted by Crippen LogP contribution is -2.07. The van der Waals surface area contributed by atoms with Gasteiger partial charge in [-0.05, 0) is 28.3 Å². The van der Waals surface area contributed by atoms with Gasteiger partial charge in [0.2, 0.25) is 0 Å². The molecule has 1 heteroatoms. The maximum absolute atomic E-state index is 3.34. The first-order valence-electron chi connectivity index (χ1n) is 7.22. The van der Waals surface area contributed by atoms with Crippen molar-refractivity contribution in [3.8, 4) is 11.1 Å². The molecule has 100 valence electrons. The Hall–Kier alpha value is -2.67. The summed E-state index contributed by atoms with van der Waals surface area (Å²) < 4.78 is 0. The molecule has 0 amide bonds. The van der Waals surface area contributed by atoms with E-state index in [1.807, 2.05) is 0 Å². The topological polar surface area (TPSA) is 14.1 Å². The minimum Gasteiger partial charge on any atom is -0.215 e. The molecule has 1 nitrogen and oxygen atoms in total. The van der Waals surface area contributed by atoms with E-state index in [2.05, 4.69) is 84.8 Å². The van der Waals surface area contributed by atoms with Gasteiger partial charge in [-0.1, -0.05) is 54.6 Å². The molecule has 0 radical (unpaired) electrons. The lowest BCUT2D eigenvalue weighted by molar-refractivity contribution is -0.387. The summed E-state index contributed by atoms with van der Waals surface area (Å²) in [7, 11) is 0. The first-order chi connectivity index (χ1) is 10.3. The molecule has 0 bridgehead atoms. The van der Waals surface area contributed by atoms with E-state index >= 15 is 0 Å². The SMILES string of the molecule is Cc1cc2c(c[nH+]1)/C(=C\c1ccccc1)c1ccccc1-2. The molecule has 0 atom stereocenters. The number of hydrogen-bond acceptors (Lipinski definition) is 0. The van der Waals surface area contributed by atoms with Crippen molar-refractivity contribution in [2.24, 2.45) is 0 Å². The number of rotatable bonds is 1. The second-order valence-corrected chi connectivity index (χ2v) is 5.46. The maximum Gasteiger partial charge on any atom is 0.177 e. The highest BCUT2D eigenvalue weighted by molar-refractivity contribution is 6.06. The molecule has 1 aromatic heterocycles. The van der Waals surface area contributed by atoms with Crippen LogP contribution in [0.3, 0.4) is 0 Å². The van der Waals surface area contributed by atoms with Crippen molar-refractivity contribution in [1.82, 2.24) is 0 Å². The Morgan fingerprint density at radius 1 is 0.762 bits per heavy atom. The molecule has 0 saturated carbocycles. The van der Waals surface area contributed by atoms with Crippen LogP contribution in [0.4, 0.5) is 0 Å². The van der Waals surface area contributed by atoms with Crippen LogP contribution in [-0.4, -0.2) is 0 Å². The molecule has 0 spiro atoms. The Labute approximate surface area is 124 Å². The molecule has 21 heavy (non-hydrogen) atoms. The lowest BCUT2D eigenvalue weighted by atomic mass is 10.0. The van der Waals surface area contributed by atoms with E-state index in [1.165, 1.54) is 39.1 Å². The van der Waals surface area contributed by atoms with Crippen LogP contribution in [0.5, 0.6) is 0 Å². The Balaban J connectivity index is 1.99. The number of H-pyrrole nitrogens is 1. The average molecular weight is 270 g/mol. The van der Waals surface area contributed by atoms with E-state index < -0.39 is 0 Å². The van der Waals surface area contributed by atoms with Crippen LogP contribution in [-0.2, 0) is 0 Å². The molecule has 0 fully saturated rings. The van der Waals surface area contributed by atoms with Crippen molar-refractivity contribution in [1.29, 1.82) is 0 Å². The summed E-state index contributed by atoms with van der Waals surface area (Å²) in [6.45, 7) is 2.10. The van der Waals surface area contributed by atoms with Gasteiger partial charge in [0.25, 0.3) is 0 Å². The fourth-order valence-electron chi connectivity index (χ4n) is 3.01. The van der Waals surface area contributed by atoms with Crippen LogP contribution in [0.25, 0.3) is 22.8 Å². The van der Waals surface area contributed by atoms with Gasteiger partial charge in [-0.3, -0.25) is 0 Å². The van der Waals surface area contributed by atoms with Crippen LogP contribution >= 0.6 is 0 Å². The zero-order valence-electron chi connectivity index (χ0n) is 11.9. The molecule has 1 aliphatic carbocycles. The number of benzene rings is 2. The number of pyridine rings is 1. The molecular formula is C20H16N+. The molecule has 4 rings (SSSR count). The third kappa shape index (κ3) is 1.98. The number of aromatic amines is 1. The van der Waals surface area contributed by atoms with E-state index in [0.717, 1.165) is 0 Å². The average Bonchev–Trinajstić information content (AvgIpc) is 2.82. The predicted octanol–water partition coefficient (Wildman–Crippen LogP) is 4.38. The fraction of sp³-hybridized carbons (Fsp3) is 0.0500. The quantitative estimate of drug-likeness (QED) is 0.487. The van der Waals surface area contributed by atoms with Gasteiger partial charge in [-0.15, -0.1) is 0 Å². The zero-order valence-corrected chi connectivity index (χ0v) is 11.9. The third-order valence-corrected chi connectivity index (χ3v) is 4.00. The molecule has 3 aromatic rings. The minimum atomic E-state index is 1.18. The summed E-state index contributed by atoms with van der Waals surface area (Å²) in [5, 5.41) is 0. The van der Waals surface area contributed by atoms with E-state index in [-0.39, 0.29) is 0 Å². The van der Waals surface area contributed by atoms with Crippen LogP contribution in [0.15, 0.2) is 66.9 Å². The Morgan fingerprint density at radius 2 is 1.48 bits per heavy atom. The second-order valence-electron chi connectivity index (χ2n) is 5.46. The Morgan fingerprint density at radius 3 is 2.29 bits per heavy atom. The van der Waals surface area contributed by atoms with Crippen molar-refractivity contribution < 1.29 is 4.98 Å². The standard InChI is InChI=1S/C20H15N/c1-14-11-18-16-9-5-6-10-17(16)19(20(18)13-21-14)12-15-7-3-2-4-8-15/h2-13H,1H3/p+1/b19-12-. The highest BCUT2D eigenvalue weighted by Crippen LogP contribution is 2.44. The monoisotopic (exact) mass is 270 g/mol. The molecule has 2 aromatic carbocycles. The summed E-state index contributed by atoms with van der Waals surface area (Å²) in [6.07, 6.45) is 4.40. The number of nitrogens with one attached hydrogen (secondary N) is 1. The minimum absolute atomic E-state index is 1.18. The summed E-state index contributed by atoms with van der Waals surface area (Å²) in [5.74, 6) is 0. The number of hydrogen-bond donors (Lipinski definition) is 0. The number of aromatic nitrogens is 1. The van der Waals surface area contributed by atoms with E-state index in [1.54, 1.807) is 0 Å². The molecule has 0 unspecified atom stereocenters. The van der Waals surface area contributed by atoms with Crippen molar-refractivity contribution in [2.75, 3.05) is 0 Å². The van der Waals surface area contributed by atoms with Gasteiger partial charge in [0.15, 0.2) is 11.9 Å². The van der Waals surface area contributed by atoms with Gasteiger partial charge >= 0.3 is 0 Å². The van der Waals surface area contributed by atoms with Crippen molar-refractivity contribution in [3.63, 3.8) is 0 Å². The van der Waals surface area contributed by atoms with Crippen molar-refractivity contribution in [3.05, 3.63) is 89.2 Å².